The minimum atomic E-state index is -3.79. The predicted molar refractivity (Wildman–Crippen MR) is 159 cm³/mol. The van der Waals surface area contributed by atoms with E-state index in [1.807, 2.05) is 0 Å². The van der Waals surface area contributed by atoms with E-state index in [4.69, 9.17) is 14.8 Å². The molecule has 0 spiro atoms. The Morgan fingerprint density at radius 2 is 0.889 bits per heavy atom. The Kier molecular flexibility index (Phi) is 34.6. The van der Waals surface area contributed by atoms with Gasteiger partial charge in [0.05, 0.1) is 13.2 Å². The van der Waals surface area contributed by atoms with Gasteiger partial charge in [-0.15, -0.1) is 0 Å². The van der Waals surface area contributed by atoms with Crippen molar-refractivity contribution in [3.8, 4) is 0 Å². The molecular weight excluding hydrogens is 469 g/mol. The molecule has 0 aromatic carbocycles. The van der Waals surface area contributed by atoms with Gasteiger partial charge in [0, 0.05) is 0 Å². The molecule has 0 saturated carbocycles. The van der Waals surface area contributed by atoms with Crippen LogP contribution in [0.4, 0.5) is 0 Å². The third-order valence-electron chi connectivity index (χ3n) is 6.22. The Labute approximate surface area is 226 Å². The molecule has 3 N–H and O–H groups in total. The summed E-state index contributed by atoms with van der Waals surface area (Å²) in [5.41, 5.74) is 5.47. The first-order chi connectivity index (χ1) is 17.5. The van der Waals surface area contributed by atoms with Gasteiger partial charge in [0.15, 0.2) is 0 Å². The summed E-state index contributed by atoms with van der Waals surface area (Å²) in [4.78, 5) is 9.34. The van der Waals surface area contributed by atoms with Crippen molar-refractivity contribution in [2.24, 2.45) is 5.73 Å². The number of allylic oxidation sites excluding steroid dienone is 2. The monoisotopic (exact) mass is 533 g/mol. The van der Waals surface area contributed by atoms with Gasteiger partial charge >= 0.3 is 7.82 Å². The third kappa shape index (κ3) is 36.0. The fourth-order valence-electron chi connectivity index (χ4n) is 3.85. The number of hydrogen-bond acceptors (Lipinski definition) is 4. The van der Waals surface area contributed by atoms with Crippen molar-refractivity contribution in [2.75, 3.05) is 19.8 Å². The van der Waals surface area contributed by atoms with Gasteiger partial charge in [-0.2, -0.15) is 0 Å². The maximum Gasteiger partial charge on any atom is 0.472 e. The molecule has 0 saturated heterocycles. The second kappa shape index (κ2) is 32.8. The van der Waals surface area contributed by atoms with E-state index in [2.05, 4.69) is 32.9 Å². The number of unbranched alkanes of at least 4 members (excludes halogenated alkanes) is 18. The number of rotatable bonds is 27. The first-order valence-corrected chi connectivity index (χ1v) is 17.0. The smallest absolute Gasteiger partial charge is 0.330 e. The zero-order valence-corrected chi connectivity index (χ0v) is 25.4. The number of nitrogens with two attached hydrogens (primary N) is 1. The largest absolute Gasteiger partial charge is 0.472 e. The number of hydrogen-bond donors (Lipinski definition) is 2. The summed E-state index contributed by atoms with van der Waals surface area (Å²) < 4.78 is 21.1. The zero-order chi connectivity index (χ0) is 27.0. The van der Waals surface area contributed by atoms with Crippen LogP contribution in [0, 0.1) is 0 Å². The highest BCUT2D eigenvalue weighted by Crippen LogP contribution is 2.43. The second-order valence-corrected chi connectivity index (χ2v) is 11.4. The molecule has 0 unspecified atom stereocenters. The lowest BCUT2D eigenvalue weighted by molar-refractivity contribution is 0.145. The predicted octanol–water partition coefficient (Wildman–Crippen LogP) is 10.3. The van der Waals surface area contributed by atoms with Crippen molar-refractivity contribution in [1.29, 1.82) is 0 Å². The highest BCUT2D eigenvalue weighted by Gasteiger charge is 2.19. The van der Waals surface area contributed by atoms with Crippen LogP contribution in [0.15, 0.2) is 12.2 Å². The highest BCUT2D eigenvalue weighted by molar-refractivity contribution is 7.47. The summed E-state index contributed by atoms with van der Waals surface area (Å²) in [5.74, 6) is 0. The zero-order valence-electron chi connectivity index (χ0n) is 24.5. The van der Waals surface area contributed by atoms with E-state index >= 15 is 0 Å². The number of phosphoric ester groups is 1. The molecule has 0 aliphatic carbocycles. The molecule has 0 radical (unpaired) electrons. The Hall–Kier alpha value is -0.190. The molecule has 36 heavy (non-hydrogen) atoms. The van der Waals surface area contributed by atoms with Gasteiger partial charge in [-0.25, -0.2) is 4.57 Å². The maximum absolute atomic E-state index is 11.4. The summed E-state index contributed by atoms with van der Waals surface area (Å²) in [6.45, 7) is 8.00. The van der Waals surface area contributed by atoms with Crippen LogP contribution >= 0.6 is 7.82 Å². The minimum Gasteiger partial charge on any atom is -0.330 e. The topological polar surface area (TPSA) is 81.8 Å². The quantitative estimate of drug-likeness (QED) is 0.0623. The van der Waals surface area contributed by atoms with Crippen LogP contribution in [-0.2, 0) is 13.6 Å². The van der Waals surface area contributed by atoms with Crippen molar-refractivity contribution >= 4 is 7.82 Å². The van der Waals surface area contributed by atoms with Crippen molar-refractivity contribution in [3.05, 3.63) is 12.2 Å². The first-order valence-electron chi connectivity index (χ1n) is 15.5. The Balaban J connectivity index is 0. The molecule has 0 atom stereocenters. The Morgan fingerprint density at radius 3 is 1.28 bits per heavy atom. The van der Waals surface area contributed by atoms with Crippen molar-refractivity contribution < 1.29 is 18.5 Å². The van der Waals surface area contributed by atoms with Crippen LogP contribution in [0.3, 0.4) is 0 Å². The molecular formula is C30H64NO4P. The minimum absolute atomic E-state index is 0.308. The van der Waals surface area contributed by atoms with Gasteiger partial charge in [-0.3, -0.25) is 9.05 Å². The average Bonchev–Trinajstić information content (AvgIpc) is 2.86. The summed E-state index contributed by atoms with van der Waals surface area (Å²) >= 11 is 0. The first kappa shape index (κ1) is 38.0. The lowest BCUT2D eigenvalue weighted by Crippen LogP contribution is -1.99. The average molecular weight is 534 g/mol. The molecule has 0 amide bonds. The molecule has 0 fully saturated rings. The molecule has 0 bridgehead atoms. The highest BCUT2D eigenvalue weighted by atomic mass is 31.2. The van der Waals surface area contributed by atoms with E-state index in [0.29, 0.717) is 13.2 Å². The molecule has 218 valence electrons. The fraction of sp³-hybridized carbons (Fsp3) is 0.933. The molecule has 0 aliphatic heterocycles. The lowest BCUT2D eigenvalue weighted by atomic mass is 10.1. The molecule has 6 heteroatoms. The summed E-state index contributed by atoms with van der Waals surface area (Å²) in [6, 6.07) is 0. The van der Waals surface area contributed by atoms with Crippen molar-refractivity contribution in [1.82, 2.24) is 0 Å². The maximum atomic E-state index is 11.4. The van der Waals surface area contributed by atoms with Crippen molar-refractivity contribution in [2.45, 2.75) is 162 Å². The van der Waals surface area contributed by atoms with Gasteiger partial charge < -0.3 is 10.6 Å². The normalized spacial score (nSPS) is 11.7. The third-order valence-corrected chi connectivity index (χ3v) is 7.24. The van der Waals surface area contributed by atoms with Crippen molar-refractivity contribution in [3.63, 3.8) is 0 Å². The van der Waals surface area contributed by atoms with Gasteiger partial charge in [0.2, 0.25) is 0 Å². The van der Waals surface area contributed by atoms with E-state index in [9.17, 15) is 9.46 Å². The SMILES string of the molecule is CCCCCCCC/C=C\CCCCCCCCN.CCCCCCOP(=O)(O)OCCCCCC. The van der Waals surface area contributed by atoms with E-state index in [1.165, 1.54) is 89.9 Å². The molecule has 5 nitrogen and oxygen atoms in total. The molecule has 0 heterocycles. The fourth-order valence-corrected chi connectivity index (χ4v) is 4.64. The van der Waals surface area contributed by atoms with Gasteiger partial charge in [0.1, 0.15) is 0 Å². The van der Waals surface area contributed by atoms with E-state index < -0.39 is 7.82 Å². The van der Waals surface area contributed by atoms with Crippen LogP contribution in [0.1, 0.15) is 162 Å². The van der Waals surface area contributed by atoms with Gasteiger partial charge in [0.25, 0.3) is 0 Å². The Bertz CT molecular complexity index is 456. The standard InChI is InChI=1S/C18H37N.C12H27O4P/c1-2-3-4-5-6-7-8-9-10-11-12-13-14-15-16-17-18-19;1-3-5-7-9-11-15-17(13,14)16-12-10-8-6-4-2/h9-10H,2-8,11-19H2,1H3;3-12H2,1-2H3,(H,13,14)/b10-9-;. The van der Waals surface area contributed by atoms with E-state index in [1.54, 1.807) is 0 Å². The van der Waals surface area contributed by atoms with Crippen LogP contribution in [0.25, 0.3) is 0 Å². The van der Waals surface area contributed by atoms with Crippen LogP contribution < -0.4 is 5.73 Å². The second-order valence-electron chi connectivity index (χ2n) is 9.98. The number of phosphoric acid groups is 1. The van der Waals surface area contributed by atoms with Crippen LogP contribution in [0.5, 0.6) is 0 Å². The van der Waals surface area contributed by atoms with E-state index in [0.717, 1.165) is 57.9 Å². The van der Waals surface area contributed by atoms with Crippen LogP contribution in [0.2, 0.25) is 0 Å². The Morgan fingerprint density at radius 1 is 0.556 bits per heavy atom. The summed E-state index contributed by atoms with van der Waals surface area (Å²) in [5, 5.41) is 0. The molecule has 0 rings (SSSR count). The molecule has 0 aromatic rings. The summed E-state index contributed by atoms with van der Waals surface area (Å²) in [7, 11) is -3.79. The van der Waals surface area contributed by atoms with Crippen LogP contribution in [-0.4, -0.2) is 24.7 Å². The van der Waals surface area contributed by atoms with E-state index in [-0.39, 0.29) is 0 Å². The molecule has 0 aromatic heterocycles. The molecule has 0 aliphatic rings. The summed E-state index contributed by atoms with van der Waals surface area (Å²) in [6.07, 6.45) is 32.1. The van der Waals surface area contributed by atoms with Gasteiger partial charge in [-0.1, -0.05) is 129 Å². The van der Waals surface area contributed by atoms with Gasteiger partial charge in [-0.05, 0) is 51.5 Å². The lowest BCUT2D eigenvalue weighted by Gasteiger charge is -2.11.